The highest BCUT2D eigenvalue weighted by Gasteiger charge is 2.15. The molecule has 0 bridgehead atoms. The first-order valence-electron chi connectivity index (χ1n) is 11.8. The summed E-state index contributed by atoms with van der Waals surface area (Å²) in [5.41, 5.74) is 5.97. The van der Waals surface area contributed by atoms with E-state index in [1.165, 1.54) is 0 Å². The van der Waals surface area contributed by atoms with Gasteiger partial charge in [0.25, 0.3) is 0 Å². The van der Waals surface area contributed by atoms with E-state index in [4.69, 9.17) is 4.98 Å². The first-order chi connectivity index (χ1) is 17.2. The fourth-order valence-electron chi connectivity index (χ4n) is 4.36. The Balaban J connectivity index is 1.24. The Morgan fingerprint density at radius 2 is 1.63 bits per heavy atom. The molecular formula is C27H26N8. The first-order valence-corrected chi connectivity index (χ1v) is 11.8. The van der Waals surface area contributed by atoms with E-state index in [2.05, 4.69) is 72.0 Å². The number of likely N-dealkylation sites (N-methyl/N-ethyl adjacent to an activating group) is 1. The van der Waals surface area contributed by atoms with Gasteiger partial charge in [-0.05, 0) is 48.5 Å². The van der Waals surface area contributed by atoms with Crippen molar-refractivity contribution >= 4 is 23.1 Å². The third-order valence-corrected chi connectivity index (χ3v) is 6.39. The second kappa shape index (κ2) is 9.15. The van der Waals surface area contributed by atoms with Crippen LogP contribution in [0.15, 0.2) is 85.5 Å². The van der Waals surface area contributed by atoms with E-state index in [0.717, 1.165) is 60.0 Å². The maximum Gasteiger partial charge on any atom is 0.228 e. The van der Waals surface area contributed by atoms with Crippen LogP contribution >= 0.6 is 0 Å². The Morgan fingerprint density at radius 3 is 2.43 bits per heavy atom. The number of piperazine rings is 1. The van der Waals surface area contributed by atoms with Gasteiger partial charge < -0.3 is 15.1 Å². The third-order valence-electron chi connectivity index (χ3n) is 6.39. The van der Waals surface area contributed by atoms with Crippen LogP contribution in [0.4, 0.5) is 17.5 Å². The molecular weight excluding hydrogens is 436 g/mol. The number of nitrogens with zero attached hydrogens (tertiary/aromatic N) is 7. The summed E-state index contributed by atoms with van der Waals surface area (Å²) in [5, 5.41) is 3.24. The van der Waals surface area contributed by atoms with Gasteiger partial charge in [0, 0.05) is 38.6 Å². The molecule has 4 aromatic heterocycles. The van der Waals surface area contributed by atoms with Crippen LogP contribution in [-0.4, -0.2) is 62.5 Å². The number of rotatable bonds is 5. The highest BCUT2D eigenvalue weighted by atomic mass is 15.3. The summed E-state index contributed by atoms with van der Waals surface area (Å²) in [6.45, 7) is 4.16. The molecule has 0 aliphatic carbocycles. The molecule has 0 spiro atoms. The van der Waals surface area contributed by atoms with Crippen LogP contribution in [0.3, 0.4) is 0 Å². The lowest BCUT2D eigenvalue weighted by Gasteiger charge is -2.33. The molecule has 1 aromatic carbocycles. The van der Waals surface area contributed by atoms with Crippen LogP contribution in [0.25, 0.3) is 28.2 Å². The van der Waals surface area contributed by atoms with Gasteiger partial charge in [-0.3, -0.25) is 4.40 Å². The van der Waals surface area contributed by atoms with E-state index in [9.17, 15) is 0 Å². The number of anilines is 3. The number of imidazole rings is 1. The topological polar surface area (TPSA) is 74.5 Å². The highest BCUT2D eigenvalue weighted by molar-refractivity contribution is 5.68. The van der Waals surface area contributed by atoms with Crippen LogP contribution in [0.1, 0.15) is 0 Å². The maximum atomic E-state index is 4.74. The number of nitrogens with one attached hydrogen (secondary N) is 1. The zero-order valence-electron chi connectivity index (χ0n) is 19.5. The van der Waals surface area contributed by atoms with Crippen LogP contribution in [-0.2, 0) is 0 Å². The lowest BCUT2D eigenvalue weighted by atomic mass is 10.1. The second-order valence-electron chi connectivity index (χ2n) is 8.74. The summed E-state index contributed by atoms with van der Waals surface area (Å²) in [4.78, 5) is 23.0. The fourth-order valence-corrected chi connectivity index (χ4v) is 4.36. The van der Waals surface area contributed by atoms with Crippen molar-refractivity contribution in [1.82, 2.24) is 29.2 Å². The lowest BCUT2D eigenvalue weighted by molar-refractivity contribution is 0.313. The first kappa shape index (κ1) is 21.2. The molecule has 0 atom stereocenters. The van der Waals surface area contributed by atoms with Crippen molar-refractivity contribution < 1.29 is 0 Å². The van der Waals surface area contributed by atoms with E-state index in [1.54, 1.807) is 6.20 Å². The number of fused-ring (bicyclic) bond motifs is 1. The van der Waals surface area contributed by atoms with E-state index in [1.807, 2.05) is 48.8 Å². The van der Waals surface area contributed by atoms with Crippen molar-refractivity contribution in [3.8, 4) is 22.5 Å². The summed E-state index contributed by atoms with van der Waals surface area (Å²) in [6, 6.07) is 20.4. The van der Waals surface area contributed by atoms with Gasteiger partial charge in [0.15, 0.2) is 0 Å². The normalized spacial score (nSPS) is 14.4. The summed E-state index contributed by atoms with van der Waals surface area (Å²) >= 11 is 0. The van der Waals surface area contributed by atoms with Gasteiger partial charge in [0.1, 0.15) is 11.5 Å². The van der Waals surface area contributed by atoms with E-state index >= 15 is 0 Å². The highest BCUT2D eigenvalue weighted by Crippen LogP contribution is 2.25. The minimum atomic E-state index is 0.497. The van der Waals surface area contributed by atoms with Gasteiger partial charge in [0.05, 0.1) is 29.5 Å². The Bertz CT molecular complexity index is 1440. The van der Waals surface area contributed by atoms with Gasteiger partial charge >= 0.3 is 0 Å². The number of aromatic nitrogens is 5. The Morgan fingerprint density at radius 1 is 0.771 bits per heavy atom. The molecule has 8 nitrogen and oxygen atoms in total. The molecule has 174 valence electrons. The van der Waals surface area contributed by atoms with Crippen molar-refractivity contribution in [1.29, 1.82) is 0 Å². The molecule has 35 heavy (non-hydrogen) atoms. The number of hydrogen-bond donors (Lipinski definition) is 1. The SMILES string of the molecule is CN1CCN(c2ccc(Nc3nccc(-c4cnc5ccc(-c6ccccc6)cn45)n3)nc2)CC1. The Labute approximate surface area is 203 Å². The molecule has 5 aromatic rings. The zero-order chi connectivity index (χ0) is 23.6. The molecule has 0 unspecified atom stereocenters. The Kier molecular flexibility index (Phi) is 5.56. The second-order valence-corrected chi connectivity index (χ2v) is 8.74. The largest absolute Gasteiger partial charge is 0.368 e. The molecule has 1 aliphatic rings. The molecule has 6 rings (SSSR count). The van der Waals surface area contributed by atoms with Crippen LogP contribution in [0.5, 0.6) is 0 Å². The molecule has 0 amide bonds. The molecule has 8 heteroatoms. The molecule has 1 aliphatic heterocycles. The summed E-state index contributed by atoms with van der Waals surface area (Å²) in [5.74, 6) is 1.21. The number of pyridine rings is 2. The fraction of sp³-hybridized carbons (Fsp3) is 0.185. The van der Waals surface area contributed by atoms with Crippen molar-refractivity contribution in [2.45, 2.75) is 0 Å². The van der Waals surface area contributed by atoms with Crippen molar-refractivity contribution in [2.24, 2.45) is 0 Å². The summed E-state index contributed by atoms with van der Waals surface area (Å²) < 4.78 is 2.07. The lowest BCUT2D eigenvalue weighted by Crippen LogP contribution is -2.44. The third kappa shape index (κ3) is 4.43. The molecule has 1 fully saturated rings. The monoisotopic (exact) mass is 462 g/mol. The molecule has 0 saturated carbocycles. The molecule has 1 saturated heterocycles. The van der Waals surface area contributed by atoms with Crippen LogP contribution in [0, 0.1) is 0 Å². The van der Waals surface area contributed by atoms with E-state index in [0.29, 0.717) is 11.8 Å². The minimum Gasteiger partial charge on any atom is -0.368 e. The number of hydrogen-bond acceptors (Lipinski definition) is 7. The van der Waals surface area contributed by atoms with Crippen LogP contribution in [0.2, 0.25) is 0 Å². The summed E-state index contributed by atoms with van der Waals surface area (Å²) in [7, 11) is 2.16. The van der Waals surface area contributed by atoms with Crippen molar-refractivity contribution in [3.05, 3.63) is 85.5 Å². The number of benzene rings is 1. The van der Waals surface area contributed by atoms with Gasteiger partial charge in [-0.2, -0.15) is 0 Å². The van der Waals surface area contributed by atoms with Gasteiger partial charge in [-0.25, -0.2) is 19.9 Å². The van der Waals surface area contributed by atoms with Crippen molar-refractivity contribution in [2.75, 3.05) is 43.4 Å². The average molecular weight is 463 g/mol. The van der Waals surface area contributed by atoms with E-state index in [-0.39, 0.29) is 0 Å². The average Bonchev–Trinajstić information content (AvgIpc) is 3.34. The molecule has 5 heterocycles. The standard InChI is InChI=1S/C27H26N8/c1-33-13-15-34(16-14-33)22-8-9-25(29-17-22)32-27-28-12-11-23(31-27)24-18-30-26-10-7-21(19-35(24)26)20-5-3-2-4-6-20/h2-12,17-19H,13-16H2,1H3,(H,28,29,31,32). The maximum absolute atomic E-state index is 4.74. The molecule has 0 radical (unpaired) electrons. The smallest absolute Gasteiger partial charge is 0.228 e. The summed E-state index contributed by atoms with van der Waals surface area (Å²) in [6.07, 6.45) is 7.61. The predicted octanol–water partition coefficient (Wildman–Crippen LogP) is 4.35. The predicted molar refractivity (Wildman–Crippen MR) is 139 cm³/mol. The molecule has 1 N–H and O–H groups in total. The van der Waals surface area contributed by atoms with E-state index < -0.39 is 0 Å². The zero-order valence-corrected chi connectivity index (χ0v) is 19.5. The van der Waals surface area contributed by atoms with Crippen molar-refractivity contribution in [3.63, 3.8) is 0 Å². The van der Waals surface area contributed by atoms with Crippen LogP contribution < -0.4 is 10.2 Å². The van der Waals surface area contributed by atoms with Gasteiger partial charge in [-0.1, -0.05) is 30.3 Å². The van der Waals surface area contributed by atoms with Gasteiger partial charge in [-0.15, -0.1) is 0 Å². The quantitative estimate of drug-likeness (QED) is 0.416. The minimum absolute atomic E-state index is 0.497. The van der Waals surface area contributed by atoms with Gasteiger partial charge in [0.2, 0.25) is 5.95 Å². The Hall–Kier alpha value is -4.30.